The van der Waals surface area contributed by atoms with E-state index in [4.69, 9.17) is 14.5 Å². The molecule has 2 heterocycles. The van der Waals surface area contributed by atoms with E-state index in [2.05, 4.69) is 28.8 Å². The van der Waals surface area contributed by atoms with Gasteiger partial charge in [-0.05, 0) is 29.8 Å². The predicted octanol–water partition coefficient (Wildman–Crippen LogP) is 3.49. The van der Waals surface area contributed by atoms with Crippen LogP contribution in [-0.2, 0) is 11.3 Å². The second-order valence-corrected chi connectivity index (χ2v) is 6.50. The van der Waals surface area contributed by atoms with Gasteiger partial charge in [0.2, 0.25) is 0 Å². The number of nitrogens with one attached hydrogen (secondary N) is 2. The lowest BCUT2D eigenvalue weighted by atomic mass is 9.86. The number of amidine groups is 1. The molecule has 0 unspecified atom stereocenters. The molecule has 2 aromatic carbocycles. The Morgan fingerprint density at radius 1 is 1.12 bits per heavy atom. The van der Waals surface area contributed by atoms with Crippen molar-refractivity contribution < 1.29 is 9.47 Å². The third-order valence-corrected chi connectivity index (χ3v) is 4.93. The van der Waals surface area contributed by atoms with Gasteiger partial charge in [0.15, 0.2) is 0 Å². The number of benzene rings is 2. The Hall–Kier alpha value is -2.53. The molecule has 0 radical (unpaired) electrons. The molecule has 0 bridgehead atoms. The minimum Gasteiger partial charge on any atom is -0.497 e. The van der Waals surface area contributed by atoms with Crippen molar-refractivity contribution in [2.45, 2.75) is 24.9 Å². The average molecular weight is 337 g/mol. The van der Waals surface area contributed by atoms with E-state index in [0.717, 1.165) is 55.6 Å². The number of rotatable bonds is 3. The monoisotopic (exact) mass is 337 g/mol. The lowest BCUT2D eigenvalue weighted by molar-refractivity contribution is 0.0771. The van der Waals surface area contributed by atoms with Crippen molar-refractivity contribution in [2.75, 3.05) is 25.6 Å². The summed E-state index contributed by atoms with van der Waals surface area (Å²) in [7, 11) is 1.68. The Kier molecular flexibility index (Phi) is 4.32. The van der Waals surface area contributed by atoms with E-state index in [1.165, 1.54) is 5.56 Å². The number of anilines is 1. The molecule has 1 saturated heterocycles. The maximum absolute atomic E-state index is 5.58. The Labute approximate surface area is 148 Å². The summed E-state index contributed by atoms with van der Waals surface area (Å²) in [6.07, 6.45) is 1.82. The van der Waals surface area contributed by atoms with Crippen molar-refractivity contribution in [3.63, 3.8) is 0 Å². The van der Waals surface area contributed by atoms with Gasteiger partial charge in [-0.15, -0.1) is 0 Å². The highest BCUT2D eigenvalue weighted by Gasteiger charge is 2.40. The van der Waals surface area contributed by atoms with Crippen LogP contribution in [0.2, 0.25) is 0 Å². The molecule has 5 heteroatoms. The molecule has 0 aliphatic carbocycles. The van der Waals surface area contributed by atoms with Crippen molar-refractivity contribution in [3.05, 3.63) is 54.1 Å². The van der Waals surface area contributed by atoms with E-state index in [1.54, 1.807) is 7.11 Å². The Morgan fingerprint density at radius 3 is 2.64 bits per heavy atom. The van der Waals surface area contributed by atoms with Crippen molar-refractivity contribution in [2.24, 2.45) is 4.99 Å². The summed E-state index contributed by atoms with van der Waals surface area (Å²) < 4.78 is 10.8. The zero-order chi connectivity index (χ0) is 17.1. The van der Waals surface area contributed by atoms with Gasteiger partial charge in [-0.3, -0.25) is 0 Å². The highest BCUT2D eigenvalue weighted by Crippen LogP contribution is 2.37. The molecule has 2 aliphatic rings. The van der Waals surface area contributed by atoms with Gasteiger partial charge >= 0.3 is 0 Å². The lowest BCUT2D eigenvalue weighted by Crippen LogP contribution is -2.56. The van der Waals surface area contributed by atoms with Crippen molar-refractivity contribution in [1.82, 2.24) is 5.32 Å². The summed E-state index contributed by atoms with van der Waals surface area (Å²) in [6.45, 7) is 2.23. The fraction of sp³-hybridized carbons (Fsp3) is 0.350. The van der Waals surface area contributed by atoms with Gasteiger partial charge in [0.25, 0.3) is 0 Å². The van der Waals surface area contributed by atoms with Gasteiger partial charge < -0.3 is 20.1 Å². The van der Waals surface area contributed by atoms with Gasteiger partial charge in [0.1, 0.15) is 11.6 Å². The molecule has 5 nitrogen and oxygen atoms in total. The zero-order valence-electron chi connectivity index (χ0n) is 14.4. The molecule has 0 aromatic heterocycles. The largest absolute Gasteiger partial charge is 0.497 e. The van der Waals surface area contributed by atoms with E-state index >= 15 is 0 Å². The first-order chi connectivity index (χ1) is 12.3. The summed E-state index contributed by atoms with van der Waals surface area (Å²) in [5.74, 6) is 1.88. The highest BCUT2D eigenvalue weighted by atomic mass is 16.5. The molecule has 130 valence electrons. The van der Waals surface area contributed by atoms with Gasteiger partial charge in [-0.2, -0.15) is 0 Å². The summed E-state index contributed by atoms with van der Waals surface area (Å²) in [5.41, 5.74) is 3.11. The van der Waals surface area contributed by atoms with Crippen LogP contribution in [0.3, 0.4) is 0 Å². The minimum absolute atomic E-state index is 0.168. The van der Waals surface area contributed by atoms with Crippen LogP contribution in [0.25, 0.3) is 0 Å². The SMILES string of the molecule is COc1ccc(CNC2=Nc3ccccc3NC23CCOCC3)cc1. The summed E-state index contributed by atoms with van der Waals surface area (Å²) in [6, 6.07) is 16.3. The highest BCUT2D eigenvalue weighted by molar-refractivity contribution is 6.00. The van der Waals surface area contributed by atoms with Crippen LogP contribution < -0.4 is 15.4 Å². The summed E-state index contributed by atoms with van der Waals surface area (Å²) in [4.78, 5) is 4.93. The zero-order valence-corrected chi connectivity index (χ0v) is 14.4. The Bertz CT molecular complexity index is 765. The lowest BCUT2D eigenvalue weighted by Gasteiger charge is -2.42. The van der Waals surface area contributed by atoms with Crippen LogP contribution in [0.15, 0.2) is 53.5 Å². The molecular formula is C20H23N3O2. The molecule has 2 aliphatic heterocycles. The molecule has 0 saturated carbocycles. The van der Waals surface area contributed by atoms with Crippen LogP contribution in [0, 0.1) is 0 Å². The number of aliphatic imine (C=N–C) groups is 1. The Morgan fingerprint density at radius 2 is 1.88 bits per heavy atom. The molecule has 4 rings (SSSR count). The second kappa shape index (κ2) is 6.76. The molecule has 0 atom stereocenters. The van der Waals surface area contributed by atoms with Gasteiger partial charge in [0.05, 0.1) is 24.0 Å². The number of fused-ring (bicyclic) bond motifs is 1. The van der Waals surface area contributed by atoms with E-state index in [-0.39, 0.29) is 5.54 Å². The fourth-order valence-corrected chi connectivity index (χ4v) is 3.44. The Balaban J connectivity index is 1.58. The van der Waals surface area contributed by atoms with Crippen molar-refractivity contribution >= 4 is 17.2 Å². The van der Waals surface area contributed by atoms with Crippen LogP contribution in [-0.4, -0.2) is 31.7 Å². The molecule has 2 aromatic rings. The fourth-order valence-electron chi connectivity index (χ4n) is 3.44. The average Bonchev–Trinajstić information content (AvgIpc) is 2.67. The topological polar surface area (TPSA) is 54.9 Å². The van der Waals surface area contributed by atoms with E-state index < -0.39 is 0 Å². The summed E-state index contributed by atoms with van der Waals surface area (Å²) >= 11 is 0. The van der Waals surface area contributed by atoms with Gasteiger partial charge in [-0.25, -0.2) is 4.99 Å². The van der Waals surface area contributed by atoms with Crippen LogP contribution >= 0.6 is 0 Å². The minimum atomic E-state index is -0.168. The third kappa shape index (κ3) is 3.20. The quantitative estimate of drug-likeness (QED) is 0.900. The molecule has 0 amide bonds. The number of hydrogen-bond donors (Lipinski definition) is 2. The molecular weight excluding hydrogens is 314 g/mol. The standard InChI is InChI=1S/C20H23N3O2/c1-24-16-8-6-15(7-9-16)14-21-19-20(10-12-25-13-11-20)23-18-5-3-2-4-17(18)22-19/h2-9,23H,10-14H2,1H3,(H,21,22). The number of para-hydroxylation sites is 2. The molecule has 2 N–H and O–H groups in total. The second-order valence-electron chi connectivity index (χ2n) is 6.50. The van der Waals surface area contributed by atoms with E-state index in [0.29, 0.717) is 0 Å². The maximum Gasteiger partial charge on any atom is 0.129 e. The van der Waals surface area contributed by atoms with E-state index in [9.17, 15) is 0 Å². The van der Waals surface area contributed by atoms with Gasteiger partial charge in [0, 0.05) is 32.6 Å². The first kappa shape index (κ1) is 16.0. The summed E-state index contributed by atoms with van der Waals surface area (Å²) in [5, 5.41) is 7.29. The first-order valence-corrected chi connectivity index (χ1v) is 8.70. The number of nitrogens with zero attached hydrogens (tertiary/aromatic N) is 1. The van der Waals surface area contributed by atoms with Crippen molar-refractivity contribution in [1.29, 1.82) is 0 Å². The van der Waals surface area contributed by atoms with Crippen LogP contribution in [0.1, 0.15) is 18.4 Å². The number of hydrogen-bond acceptors (Lipinski definition) is 5. The molecule has 1 spiro atoms. The van der Waals surface area contributed by atoms with Crippen LogP contribution in [0.5, 0.6) is 5.75 Å². The van der Waals surface area contributed by atoms with Crippen LogP contribution in [0.4, 0.5) is 11.4 Å². The van der Waals surface area contributed by atoms with Crippen molar-refractivity contribution in [3.8, 4) is 5.75 Å². The third-order valence-electron chi connectivity index (χ3n) is 4.93. The molecule has 1 fully saturated rings. The molecule has 25 heavy (non-hydrogen) atoms. The number of ether oxygens (including phenoxy) is 2. The maximum atomic E-state index is 5.58. The van der Waals surface area contributed by atoms with E-state index in [1.807, 2.05) is 30.3 Å². The first-order valence-electron chi connectivity index (χ1n) is 8.70. The smallest absolute Gasteiger partial charge is 0.129 e. The van der Waals surface area contributed by atoms with Gasteiger partial charge in [-0.1, -0.05) is 24.3 Å². The predicted molar refractivity (Wildman–Crippen MR) is 99.8 cm³/mol. The normalized spacial score (nSPS) is 18.0. The number of methoxy groups -OCH3 is 1.